The van der Waals surface area contributed by atoms with Gasteiger partial charge in [0.25, 0.3) is 0 Å². The Bertz CT molecular complexity index is 445. The first-order valence-electron chi connectivity index (χ1n) is 6.55. The standard InChI is InChI=1S/C15H20O6/c1-19-14(17)9-12(8-13(16)15(18)20-2)21-10-11-6-4-3-5-7-11/h3-7,12-13,16H,8-10H2,1-2H3/t12-,13+/m1/s1. The lowest BCUT2D eigenvalue weighted by Gasteiger charge is -2.19. The summed E-state index contributed by atoms with van der Waals surface area (Å²) in [5.41, 5.74) is 0.930. The van der Waals surface area contributed by atoms with Crippen molar-refractivity contribution in [3.8, 4) is 0 Å². The SMILES string of the molecule is COC(=O)C[C@@H](C[C@H](O)C(=O)OC)OCc1ccccc1. The summed E-state index contributed by atoms with van der Waals surface area (Å²) in [6.07, 6.45) is -2.04. The molecule has 0 amide bonds. The lowest BCUT2D eigenvalue weighted by Crippen LogP contribution is -2.30. The van der Waals surface area contributed by atoms with Gasteiger partial charge in [-0.15, -0.1) is 0 Å². The van der Waals surface area contributed by atoms with Crippen LogP contribution in [0, 0.1) is 0 Å². The van der Waals surface area contributed by atoms with Crippen LogP contribution in [0.15, 0.2) is 30.3 Å². The van der Waals surface area contributed by atoms with E-state index in [1.165, 1.54) is 14.2 Å². The van der Waals surface area contributed by atoms with E-state index in [1.54, 1.807) is 0 Å². The molecule has 0 bridgehead atoms. The molecule has 1 rings (SSSR count). The maximum atomic E-state index is 11.4. The van der Waals surface area contributed by atoms with E-state index in [2.05, 4.69) is 9.47 Å². The van der Waals surface area contributed by atoms with Crippen molar-refractivity contribution in [1.82, 2.24) is 0 Å². The van der Waals surface area contributed by atoms with E-state index in [9.17, 15) is 14.7 Å². The van der Waals surface area contributed by atoms with Gasteiger partial charge >= 0.3 is 11.9 Å². The molecule has 21 heavy (non-hydrogen) atoms. The van der Waals surface area contributed by atoms with Gasteiger partial charge < -0.3 is 19.3 Å². The van der Waals surface area contributed by atoms with Gasteiger partial charge in [-0.1, -0.05) is 30.3 Å². The zero-order chi connectivity index (χ0) is 15.7. The lowest BCUT2D eigenvalue weighted by atomic mass is 10.1. The molecule has 0 aliphatic carbocycles. The molecule has 0 fully saturated rings. The van der Waals surface area contributed by atoms with Crippen LogP contribution < -0.4 is 0 Å². The third-order valence-corrected chi connectivity index (χ3v) is 2.91. The monoisotopic (exact) mass is 296 g/mol. The third kappa shape index (κ3) is 6.37. The van der Waals surface area contributed by atoms with Crippen LogP contribution in [0.4, 0.5) is 0 Å². The van der Waals surface area contributed by atoms with Gasteiger partial charge in [0, 0.05) is 6.42 Å². The Labute approximate surface area is 123 Å². The van der Waals surface area contributed by atoms with Crippen molar-refractivity contribution in [1.29, 1.82) is 0 Å². The van der Waals surface area contributed by atoms with E-state index in [4.69, 9.17) is 4.74 Å². The van der Waals surface area contributed by atoms with Crippen LogP contribution >= 0.6 is 0 Å². The fraction of sp³-hybridized carbons (Fsp3) is 0.467. The van der Waals surface area contributed by atoms with E-state index in [0.717, 1.165) is 5.56 Å². The highest BCUT2D eigenvalue weighted by molar-refractivity contribution is 5.74. The number of carbonyl (C=O) groups is 2. The van der Waals surface area contributed by atoms with Gasteiger partial charge in [0.15, 0.2) is 6.10 Å². The maximum absolute atomic E-state index is 11.4. The molecule has 0 heterocycles. The average Bonchev–Trinajstić information content (AvgIpc) is 2.52. The van der Waals surface area contributed by atoms with Crippen molar-refractivity contribution < 1.29 is 28.9 Å². The van der Waals surface area contributed by atoms with Crippen LogP contribution in [-0.2, 0) is 30.4 Å². The second kappa shape index (κ2) is 9.10. The van der Waals surface area contributed by atoms with Crippen molar-refractivity contribution in [2.45, 2.75) is 31.7 Å². The Balaban J connectivity index is 2.59. The van der Waals surface area contributed by atoms with Crippen molar-refractivity contribution in [3.63, 3.8) is 0 Å². The highest BCUT2D eigenvalue weighted by atomic mass is 16.5. The Morgan fingerprint density at radius 2 is 1.81 bits per heavy atom. The molecule has 0 radical (unpaired) electrons. The summed E-state index contributed by atoms with van der Waals surface area (Å²) < 4.78 is 14.6. The van der Waals surface area contributed by atoms with E-state index in [1.807, 2.05) is 30.3 Å². The number of carbonyl (C=O) groups excluding carboxylic acids is 2. The molecule has 0 aromatic heterocycles. The summed E-state index contributed by atoms with van der Waals surface area (Å²) in [5.74, 6) is -1.22. The van der Waals surface area contributed by atoms with Crippen LogP contribution in [0.3, 0.4) is 0 Å². The summed E-state index contributed by atoms with van der Waals surface area (Å²) in [5, 5.41) is 9.66. The van der Waals surface area contributed by atoms with Gasteiger partial charge in [-0.25, -0.2) is 4.79 Å². The molecule has 1 N–H and O–H groups in total. The number of ether oxygens (including phenoxy) is 3. The molecule has 2 atom stereocenters. The maximum Gasteiger partial charge on any atom is 0.334 e. The molecular weight excluding hydrogens is 276 g/mol. The Kier molecular flexibility index (Phi) is 7.42. The Hall–Kier alpha value is -1.92. The van der Waals surface area contributed by atoms with Gasteiger partial charge in [0.05, 0.1) is 33.4 Å². The van der Waals surface area contributed by atoms with E-state index in [0.29, 0.717) is 0 Å². The molecular formula is C15H20O6. The number of benzene rings is 1. The minimum absolute atomic E-state index is 0.0331. The van der Waals surface area contributed by atoms with Crippen molar-refractivity contribution in [2.75, 3.05) is 14.2 Å². The molecule has 6 nitrogen and oxygen atoms in total. The molecule has 0 saturated heterocycles. The van der Waals surface area contributed by atoms with Gasteiger partial charge in [-0.05, 0) is 5.56 Å². The molecule has 0 saturated carbocycles. The largest absolute Gasteiger partial charge is 0.469 e. The molecule has 6 heteroatoms. The van der Waals surface area contributed by atoms with Crippen molar-refractivity contribution in [3.05, 3.63) is 35.9 Å². The molecule has 0 spiro atoms. The zero-order valence-electron chi connectivity index (χ0n) is 12.2. The number of rotatable bonds is 8. The summed E-state index contributed by atoms with van der Waals surface area (Å²) in [6.45, 7) is 0.274. The van der Waals surface area contributed by atoms with E-state index >= 15 is 0 Å². The first-order valence-corrected chi connectivity index (χ1v) is 6.55. The van der Waals surface area contributed by atoms with Crippen molar-refractivity contribution >= 4 is 11.9 Å². The summed E-state index contributed by atoms with van der Waals surface area (Å²) in [7, 11) is 2.46. The molecule has 0 unspecified atom stereocenters. The predicted molar refractivity (Wildman–Crippen MR) is 74.3 cm³/mol. The summed E-state index contributed by atoms with van der Waals surface area (Å²) >= 11 is 0. The molecule has 1 aromatic carbocycles. The third-order valence-electron chi connectivity index (χ3n) is 2.91. The Morgan fingerprint density at radius 3 is 2.38 bits per heavy atom. The minimum Gasteiger partial charge on any atom is -0.469 e. The normalized spacial score (nSPS) is 13.3. The first kappa shape index (κ1) is 17.1. The van der Waals surface area contributed by atoms with Gasteiger partial charge in [0.1, 0.15) is 0 Å². The number of esters is 2. The van der Waals surface area contributed by atoms with Crippen LogP contribution in [0.2, 0.25) is 0 Å². The number of hydrogen-bond donors (Lipinski definition) is 1. The van der Waals surface area contributed by atoms with Gasteiger partial charge in [0.2, 0.25) is 0 Å². The second-order valence-corrected chi connectivity index (χ2v) is 4.47. The highest BCUT2D eigenvalue weighted by Crippen LogP contribution is 2.13. The quantitative estimate of drug-likeness (QED) is 0.722. The second-order valence-electron chi connectivity index (χ2n) is 4.47. The number of hydrogen-bond acceptors (Lipinski definition) is 6. The van der Waals surface area contributed by atoms with E-state index in [-0.39, 0.29) is 19.4 Å². The van der Waals surface area contributed by atoms with E-state index < -0.39 is 24.1 Å². The number of aliphatic hydroxyl groups excluding tert-OH is 1. The van der Waals surface area contributed by atoms with Crippen LogP contribution in [0.1, 0.15) is 18.4 Å². The Morgan fingerprint density at radius 1 is 1.14 bits per heavy atom. The lowest BCUT2D eigenvalue weighted by molar-refractivity contribution is -0.155. The smallest absolute Gasteiger partial charge is 0.334 e. The van der Waals surface area contributed by atoms with Gasteiger partial charge in [-0.3, -0.25) is 4.79 Å². The van der Waals surface area contributed by atoms with Gasteiger partial charge in [-0.2, -0.15) is 0 Å². The minimum atomic E-state index is -1.33. The fourth-order valence-electron chi connectivity index (χ4n) is 1.75. The molecule has 0 aliphatic rings. The fourth-order valence-corrected chi connectivity index (χ4v) is 1.75. The highest BCUT2D eigenvalue weighted by Gasteiger charge is 2.24. The molecule has 0 aliphatic heterocycles. The summed E-state index contributed by atoms with van der Waals surface area (Å²) in [6, 6.07) is 9.39. The zero-order valence-corrected chi connectivity index (χ0v) is 12.2. The molecule has 116 valence electrons. The number of methoxy groups -OCH3 is 2. The predicted octanol–water partition coefficient (Wildman–Crippen LogP) is 1.06. The van der Waals surface area contributed by atoms with Crippen LogP contribution in [-0.4, -0.2) is 43.5 Å². The summed E-state index contributed by atoms with van der Waals surface area (Å²) in [4.78, 5) is 22.6. The molecule has 1 aromatic rings. The topological polar surface area (TPSA) is 82.1 Å². The van der Waals surface area contributed by atoms with Crippen LogP contribution in [0.5, 0.6) is 0 Å². The van der Waals surface area contributed by atoms with Crippen LogP contribution in [0.25, 0.3) is 0 Å². The average molecular weight is 296 g/mol. The van der Waals surface area contributed by atoms with Crippen molar-refractivity contribution in [2.24, 2.45) is 0 Å². The first-order chi connectivity index (χ1) is 10.1. The number of aliphatic hydroxyl groups is 1.